The van der Waals surface area contributed by atoms with Crippen LogP contribution >= 0.6 is 15.9 Å². The van der Waals surface area contributed by atoms with E-state index in [4.69, 9.17) is 10.5 Å². The van der Waals surface area contributed by atoms with Gasteiger partial charge in [0.05, 0.1) is 18.5 Å². The zero-order valence-corrected chi connectivity index (χ0v) is 11.6. The highest BCUT2D eigenvalue weighted by Crippen LogP contribution is 2.34. The maximum Gasteiger partial charge on any atom is 0.200 e. The molecular weight excluding hydrogens is 282 g/mol. The van der Waals surface area contributed by atoms with Crippen LogP contribution in [0, 0.1) is 6.92 Å². The van der Waals surface area contributed by atoms with Crippen molar-refractivity contribution in [2.24, 2.45) is 7.05 Å². The number of imidazole rings is 1. The molecule has 0 saturated heterocycles. The third kappa shape index (κ3) is 2.02. The van der Waals surface area contributed by atoms with Gasteiger partial charge in [-0.2, -0.15) is 0 Å². The number of hydrogen-bond acceptors (Lipinski definition) is 3. The fraction of sp³-hybridized carbons (Fsp3) is 0.250. The number of anilines is 1. The van der Waals surface area contributed by atoms with Crippen LogP contribution in [-0.4, -0.2) is 16.7 Å². The molecule has 1 aromatic carbocycles. The van der Waals surface area contributed by atoms with E-state index >= 15 is 0 Å². The van der Waals surface area contributed by atoms with Crippen molar-refractivity contribution in [1.29, 1.82) is 0 Å². The molecule has 0 unspecified atom stereocenters. The summed E-state index contributed by atoms with van der Waals surface area (Å²) in [5, 5.41) is 0. The number of methoxy groups -OCH3 is 1. The molecule has 0 spiro atoms. The molecule has 0 aliphatic carbocycles. The van der Waals surface area contributed by atoms with Crippen molar-refractivity contribution in [2.45, 2.75) is 6.92 Å². The standard InChI is InChI=1S/C12H14BrN3O/c1-7-11(16(2)12(14)15-7)9-6-8(13)4-5-10(9)17-3/h4-6H,1-3H3,(H2,14,15). The molecule has 2 rings (SSSR count). The van der Waals surface area contributed by atoms with Gasteiger partial charge in [-0.25, -0.2) is 4.98 Å². The predicted molar refractivity (Wildman–Crippen MR) is 72.0 cm³/mol. The van der Waals surface area contributed by atoms with E-state index in [1.807, 2.05) is 36.7 Å². The number of benzene rings is 1. The van der Waals surface area contributed by atoms with Crippen LogP contribution in [0.4, 0.5) is 5.95 Å². The summed E-state index contributed by atoms with van der Waals surface area (Å²) in [4.78, 5) is 4.26. The van der Waals surface area contributed by atoms with E-state index in [1.165, 1.54) is 0 Å². The lowest BCUT2D eigenvalue weighted by Crippen LogP contribution is -1.99. The first kappa shape index (κ1) is 12.0. The van der Waals surface area contributed by atoms with Gasteiger partial charge in [-0.1, -0.05) is 15.9 Å². The van der Waals surface area contributed by atoms with Crippen LogP contribution in [0.2, 0.25) is 0 Å². The van der Waals surface area contributed by atoms with Gasteiger partial charge in [0.1, 0.15) is 5.75 Å². The molecule has 0 aliphatic heterocycles. The molecule has 17 heavy (non-hydrogen) atoms. The molecule has 5 heteroatoms. The molecule has 0 amide bonds. The van der Waals surface area contributed by atoms with Gasteiger partial charge >= 0.3 is 0 Å². The minimum absolute atomic E-state index is 0.500. The topological polar surface area (TPSA) is 53.1 Å². The first-order chi connectivity index (χ1) is 8.04. The van der Waals surface area contributed by atoms with Gasteiger partial charge in [0, 0.05) is 17.1 Å². The Morgan fingerprint density at radius 1 is 1.41 bits per heavy atom. The monoisotopic (exact) mass is 295 g/mol. The smallest absolute Gasteiger partial charge is 0.200 e. The highest BCUT2D eigenvalue weighted by atomic mass is 79.9. The zero-order chi connectivity index (χ0) is 12.6. The minimum atomic E-state index is 0.500. The number of rotatable bonds is 2. The van der Waals surface area contributed by atoms with Gasteiger partial charge in [0.2, 0.25) is 5.95 Å². The van der Waals surface area contributed by atoms with E-state index in [1.54, 1.807) is 7.11 Å². The first-order valence-electron chi connectivity index (χ1n) is 5.17. The van der Waals surface area contributed by atoms with E-state index in [2.05, 4.69) is 20.9 Å². The number of nitrogens with zero attached hydrogens (tertiary/aromatic N) is 2. The predicted octanol–water partition coefficient (Wildman–Crippen LogP) is 2.75. The molecule has 0 atom stereocenters. The van der Waals surface area contributed by atoms with Crippen molar-refractivity contribution in [3.05, 3.63) is 28.4 Å². The van der Waals surface area contributed by atoms with Crippen molar-refractivity contribution in [2.75, 3.05) is 12.8 Å². The number of aromatic nitrogens is 2. The molecular formula is C12H14BrN3O. The Morgan fingerprint density at radius 3 is 2.65 bits per heavy atom. The normalized spacial score (nSPS) is 10.6. The highest BCUT2D eigenvalue weighted by molar-refractivity contribution is 9.10. The van der Waals surface area contributed by atoms with Crippen LogP contribution < -0.4 is 10.5 Å². The van der Waals surface area contributed by atoms with Crippen LogP contribution in [0.25, 0.3) is 11.3 Å². The molecule has 4 nitrogen and oxygen atoms in total. The second kappa shape index (κ2) is 4.41. The van der Waals surface area contributed by atoms with Gasteiger partial charge < -0.3 is 15.0 Å². The molecule has 0 fully saturated rings. The van der Waals surface area contributed by atoms with Crippen LogP contribution in [0.5, 0.6) is 5.75 Å². The number of hydrogen-bond donors (Lipinski definition) is 1. The van der Waals surface area contributed by atoms with Gasteiger partial charge in [-0.15, -0.1) is 0 Å². The molecule has 1 heterocycles. The maximum absolute atomic E-state index is 5.81. The van der Waals surface area contributed by atoms with E-state index < -0.39 is 0 Å². The SMILES string of the molecule is COc1ccc(Br)cc1-c1c(C)nc(N)n1C. The average Bonchev–Trinajstić information content (AvgIpc) is 2.53. The highest BCUT2D eigenvalue weighted by Gasteiger charge is 2.15. The lowest BCUT2D eigenvalue weighted by molar-refractivity contribution is 0.416. The Hall–Kier alpha value is -1.49. The van der Waals surface area contributed by atoms with Gasteiger partial charge in [-0.05, 0) is 25.1 Å². The zero-order valence-electron chi connectivity index (χ0n) is 9.99. The number of nitrogen functional groups attached to an aromatic ring is 1. The van der Waals surface area contributed by atoms with E-state index in [0.29, 0.717) is 5.95 Å². The van der Waals surface area contributed by atoms with E-state index in [-0.39, 0.29) is 0 Å². The Balaban J connectivity index is 2.71. The average molecular weight is 296 g/mol. The van der Waals surface area contributed by atoms with Crippen LogP contribution in [0.3, 0.4) is 0 Å². The Morgan fingerprint density at radius 2 is 2.12 bits per heavy atom. The molecule has 2 N–H and O–H groups in total. The number of aryl methyl sites for hydroxylation is 1. The van der Waals surface area contributed by atoms with Crippen molar-refractivity contribution in [1.82, 2.24) is 9.55 Å². The largest absolute Gasteiger partial charge is 0.496 e. The summed E-state index contributed by atoms with van der Waals surface area (Å²) < 4.78 is 8.23. The molecule has 1 aromatic heterocycles. The number of ether oxygens (including phenoxy) is 1. The fourth-order valence-electron chi connectivity index (χ4n) is 1.90. The van der Waals surface area contributed by atoms with Crippen LogP contribution in [0.1, 0.15) is 5.69 Å². The molecule has 0 saturated carbocycles. The van der Waals surface area contributed by atoms with E-state index in [9.17, 15) is 0 Å². The molecule has 0 aliphatic rings. The summed E-state index contributed by atoms with van der Waals surface area (Å²) in [6, 6.07) is 5.86. The van der Waals surface area contributed by atoms with Gasteiger partial charge in [0.25, 0.3) is 0 Å². The maximum atomic E-state index is 5.81. The summed E-state index contributed by atoms with van der Waals surface area (Å²) in [5.74, 6) is 1.30. The lowest BCUT2D eigenvalue weighted by atomic mass is 10.1. The van der Waals surface area contributed by atoms with Crippen molar-refractivity contribution in [3.8, 4) is 17.0 Å². The summed E-state index contributed by atoms with van der Waals surface area (Å²) in [7, 11) is 3.55. The van der Waals surface area contributed by atoms with Crippen LogP contribution in [0.15, 0.2) is 22.7 Å². The number of halogens is 1. The Bertz CT molecular complexity index is 563. The van der Waals surface area contributed by atoms with Crippen molar-refractivity contribution >= 4 is 21.9 Å². The second-order valence-electron chi connectivity index (χ2n) is 3.81. The lowest BCUT2D eigenvalue weighted by Gasteiger charge is -2.10. The summed E-state index contributed by atoms with van der Waals surface area (Å²) in [6.45, 7) is 1.94. The van der Waals surface area contributed by atoms with Gasteiger partial charge in [-0.3, -0.25) is 0 Å². The van der Waals surface area contributed by atoms with Crippen molar-refractivity contribution in [3.63, 3.8) is 0 Å². The summed E-state index contributed by atoms with van der Waals surface area (Å²) in [6.07, 6.45) is 0. The molecule has 0 radical (unpaired) electrons. The van der Waals surface area contributed by atoms with Gasteiger partial charge in [0.15, 0.2) is 0 Å². The number of nitrogens with two attached hydrogens (primary N) is 1. The quantitative estimate of drug-likeness (QED) is 0.927. The van der Waals surface area contributed by atoms with Crippen molar-refractivity contribution < 1.29 is 4.74 Å². The Labute approximate surface area is 109 Å². The second-order valence-corrected chi connectivity index (χ2v) is 4.72. The Kier molecular flexibility index (Phi) is 3.11. The third-order valence-electron chi connectivity index (χ3n) is 2.72. The third-order valence-corrected chi connectivity index (χ3v) is 3.21. The summed E-state index contributed by atoms with van der Waals surface area (Å²) >= 11 is 3.46. The van der Waals surface area contributed by atoms with E-state index in [0.717, 1.165) is 27.2 Å². The summed E-state index contributed by atoms with van der Waals surface area (Å²) in [5.41, 5.74) is 8.65. The van der Waals surface area contributed by atoms with Crippen LogP contribution in [-0.2, 0) is 7.05 Å². The molecule has 90 valence electrons. The molecule has 0 bridgehead atoms. The molecule has 2 aromatic rings. The fourth-order valence-corrected chi connectivity index (χ4v) is 2.26. The minimum Gasteiger partial charge on any atom is -0.496 e. The first-order valence-corrected chi connectivity index (χ1v) is 5.96.